The van der Waals surface area contributed by atoms with Gasteiger partial charge in [-0.1, -0.05) is 0 Å². The summed E-state index contributed by atoms with van der Waals surface area (Å²) < 4.78 is 136. The van der Waals surface area contributed by atoms with Gasteiger partial charge >= 0.3 is 29.9 Å². The van der Waals surface area contributed by atoms with Gasteiger partial charge in [0.05, 0.1) is 17.9 Å². The lowest BCUT2D eigenvalue weighted by Crippen LogP contribution is -2.64. The molecule has 6 bridgehead atoms. The lowest BCUT2D eigenvalue weighted by Gasteiger charge is -2.55. The zero-order valence-electron chi connectivity index (χ0n) is 21.7. The van der Waals surface area contributed by atoms with Crippen molar-refractivity contribution in [1.29, 1.82) is 0 Å². The molecule has 1 saturated heterocycles. The molecule has 6 atom stereocenters. The summed E-state index contributed by atoms with van der Waals surface area (Å²) >= 11 is 0. The predicted molar refractivity (Wildman–Crippen MR) is 122 cm³/mol. The highest BCUT2D eigenvalue weighted by Gasteiger charge is 2.77. The van der Waals surface area contributed by atoms with Crippen molar-refractivity contribution >= 4 is 22.1 Å². The van der Waals surface area contributed by atoms with Crippen molar-refractivity contribution in [3.63, 3.8) is 0 Å². The summed E-state index contributed by atoms with van der Waals surface area (Å²) in [5.41, 5.74) is -6.23. The number of halogens is 6. The lowest BCUT2D eigenvalue weighted by molar-refractivity contribution is -0.362. The fourth-order valence-corrected chi connectivity index (χ4v) is 10.2. The van der Waals surface area contributed by atoms with Gasteiger partial charge in [0.15, 0.2) is 0 Å². The van der Waals surface area contributed by atoms with E-state index in [0.717, 1.165) is 19.3 Å². The molecule has 1 aliphatic heterocycles. The smallest absolute Gasteiger partial charge is 0.438 e. The first kappa shape index (κ1) is 29.4. The minimum absolute atomic E-state index is 0.0978. The number of esters is 2. The zero-order valence-corrected chi connectivity index (χ0v) is 22.5. The summed E-state index contributed by atoms with van der Waals surface area (Å²) in [7, 11) is -5.93. The van der Waals surface area contributed by atoms with Crippen LogP contribution >= 0.6 is 0 Å². The Hall–Kier alpha value is -1.65. The number of carbonyl (C=O) groups excluding carboxylic acids is 2. The van der Waals surface area contributed by atoms with Crippen LogP contribution in [0.1, 0.15) is 44.9 Å². The molecule has 6 saturated carbocycles. The highest BCUT2D eigenvalue weighted by molar-refractivity contribution is 7.85. The summed E-state index contributed by atoms with van der Waals surface area (Å²) in [6, 6.07) is 0. The molecule has 0 aromatic heterocycles. The molecular formula is C25H30F6O9S. The van der Waals surface area contributed by atoms with Crippen molar-refractivity contribution in [2.45, 2.75) is 75.1 Å². The summed E-state index contributed by atoms with van der Waals surface area (Å²) in [6.45, 7) is -0.522. The Morgan fingerprint density at radius 3 is 1.95 bits per heavy atom. The van der Waals surface area contributed by atoms with Crippen LogP contribution in [0.3, 0.4) is 0 Å². The Labute approximate surface area is 231 Å². The molecular weight excluding hydrogens is 590 g/mol. The molecule has 7 aliphatic rings. The SMILES string of the molecule is O=C(OC(CS(=O)(=O)O)(C(F)(F)F)C(F)(F)F)C1C2COCOC3C2CC1C3OC(=O)C12CC3CC(CC(C3)C1)C2. The second-order valence-corrected chi connectivity index (χ2v) is 14.4. The largest absolute Gasteiger partial charge is 0.459 e. The van der Waals surface area contributed by atoms with Crippen LogP contribution in [-0.2, 0) is 38.7 Å². The number of carbonyl (C=O) groups is 2. The first-order chi connectivity index (χ1) is 18.9. The topological polar surface area (TPSA) is 125 Å². The molecule has 6 unspecified atom stereocenters. The van der Waals surface area contributed by atoms with Crippen LogP contribution in [0, 0.1) is 46.8 Å². The van der Waals surface area contributed by atoms with Crippen LogP contribution < -0.4 is 0 Å². The van der Waals surface area contributed by atoms with Gasteiger partial charge in [-0.15, -0.1) is 0 Å². The minimum Gasteiger partial charge on any atom is -0.459 e. The molecule has 0 aromatic carbocycles. The van der Waals surface area contributed by atoms with Crippen LogP contribution in [0.2, 0.25) is 0 Å². The van der Waals surface area contributed by atoms with E-state index in [0.29, 0.717) is 37.0 Å². The summed E-state index contributed by atoms with van der Waals surface area (Å²) in [5.74, 6) is -8.39. The third-order valence-corrected chi connectivity index (χ3v) is 11.2. The molecule has 0 aromatic rings. The second kappa shape index (κ2) is 9.42. The van der Waals surface area contributed by atoms with Crippen LogP contribution in [0.25, 0.3) is 0 Å². The first-order valence-corrected chi connectivity index (χ1v) is 15.3. The third kappa shape index (κ3) is 4.74. The van der Waals surface area contributed by atoms with E-state index in [1.807, 2.05) is 0 Å². The normalized spacial score (nSPS) is 41.8. The zero-order chi connectivity index (χ0) is 29.8. The van der Waals surface area contributed by atoms with Crippen molar-refractivity contribution in [3.05, 3.63) is 0 Å². The predicted octanol–water partition coefficient (Wildman–Crippen LogP) is 3.66. The Morgan fingerprint density at radius 2 is 1.44 bits per heavy atom. The lowest BCUT2D eigenvalue weighted by atomic mass is 9.49. The molecule has 0 amide bonds. The number of ether oxygens (including phenoxy) is 4. The van der Waals surface area contributed by atoms with E-state index in [1.54, 1.807) is 0 Å². The number of fused-ring (bicyclic) bond motifs is 1. The highest BCUT2D eigenvalue weighted by Crippen LogP contribution is 2.62. The molecule has 6 aliphatic carbocycles. The monoisotopic (exact) mass is 620 g/mol. The van der Waals surface area contributed by atoms with Crippen LogP contribution in [0.4, 0.5) is 26.3 Å². The Kier molecular flexibility index (Phi) is 6.76. The highest BCUT2D eigenvalue weighted by atomic mass is 32.2. The number of hydrogen-bond acceptors (Lipinski definition) is 8. The molecule has 1 heterocycles. The van der Waals surface area contributed by atoms with Gasteiger partial charge in [-0.05, 0) is 68.6 Å². The third-order valence-electron chi connectivity index (χ3n) is 10.4. The molecule has 16 heteroatoms. The fourth-order valence-electron chi connectivity index (χ4n) is 9.26. The maximum absolute atomic E-state index is 13.9. The summed E-state index contributed by atoms with van der Waals surface area (Å²) in [6.07, 6.45) is -9.61. The average Bonchev–Trinajstić information content (AvgIpc) is 3.29. The van der Waals surface area contributed by atoms with E-state index in [-0.39, 0.29) is 19.8 Å². The van der Waals surface area contributed by atoms with Crippen molar-refractivity contribution < 1.29 is 67.8 Å². The first-order valence-electron chi connectivity index (χ1n) is 13.6. The second-order valence-electron chi connectivity index (χ2n) is 12.9. The van der Waals surface area contributed by atoms with E-state index in [4.69, 9.17) is 18.8 Å². The van der Waals surface area contributed by atoms with Crippen molar-refractivity contribution in [1.82, 2.24) is 0 Å². The maximum Gasteiger partial charge on any atom is 0.438 e. The van der Waals surface area contributed by atoms with E-state index < -0.39 is 87.1 Å². The van der Waals surface area contributed by atoms with Crippen LogP contribution in [0.15, 0.2) is 0 Å². The quantitative estimate of drug-likeness (QED) is 0.269. The van der Waals surface area contributed by atoms with Gasteiger partial charge in [0.2, 0.25) is 0 Å². The van der Waals surface area contributed by atoms with Crippen molar-refractivity contribution in [2.75, 3.05) is 19.2 Å². The van der Waals surface area contributed by atoms with Gasteiger partial charge in [-0.3, -0.25) is 14.1 Å². The average molecular weight is 621 g/mol. The number of hydrogen-bond donors (Lipinski definition) is 1. The van der Waals surface area contributed by atoms with Gasteiger partial charge < -0.3 is 18.9 Å². The van der Waals surface area contributed by atoms with Gasteiger partial charge in [-0.25, -0.2) is 0 Å². The molecule has 232 valence electrons. The van der Waals surface area contributed by atoms with Crippen LogP contribution in [-0.4, -0.2) is 74.2 Å². The van der Waals surface area contributed by atoms with Gasteiger partial charge in [0.1, 0.15) is 24.8 Å². The Morgan fingerprint density at radius 1 is 0.878 bits per heavy atom. The van der Waals surface area contributed by atoms with E-state index in [9.17, 15) is 44.3 Å². The van der Waals surface area contributed by atoms with E-state index in [1.165, 1.54) is 0 Å². The fraction of sp³-hybridized carbons (Fsp3) is 0.920. The van der Waals surface area contributed by atoms with Crippen molar-refractivity contribution in [2.24, 2.45) is 46.8 Å². The minimum atomic E-state index is -6.44. The molecule has 41 heavy (non-hydrogen) atoms. The van der Waals surface area contributed by atoms with E-state index in [2.05, 4.69) is 4.74 Å². The molecule has 7 fully saturated rings. The maximum atomic E-state index is 13.9. The van der Waals surface area contributed by atoms with E-state index >= 15 is 0 Å². The van der Waals surface area contributed by atoms with Crippen LogP contribution in [0.5, 0.6) is 0 Å². The standard InChI is InChI=1S/C25H30F6O9S/c26-24(27,28)23(25(29,30)31,9-41(34,35)36)40-20(32)17-15-4-14-16(17)8-37-10-38-18(14)19(15)39-21(33)22-5-11-1-12(6-22)3-13(2-11)7-22/h11-19H,1-10H2,(H,34,35,36). The summed E-state index contributed by atoms with van der Waals surface area (Å²) in [4.78, 5) is 26.9. The molecule has 7 rings (SSSR count). The molecule has 0 radical (unpaired) electrons. The number of rotatable bonds is 6. The van der Waals surface area contributed by atoms with Gasteiger partial charge in [0.25, 0.3) is 10.1 Å². The molecule has 9 nitrogen and oxygen atoms in total. The molecule has 1 N–H and O–H groups in total. The van der Waals surface area contributed by atoms with Crippen molar-refractivity contribution in [3.8, 4) is 0 Å². The Balaban J connectivity index is 1.29. The molecule has 0 spiro atoms. The number of alkyl halides is 6. The summed E-state index contributed by atoms with van der Waals surface area (Å²) in [5, 5.41) is 0. The van der Waals surface area contributed by atoms with Gasteiger partial charge in [0, 0.05) is 11.8 Å². The van der Waals surface area contributed by atoms with Gasteiger partial charge in [-0.2, -0.15) is 34.8 Å². The Bertz CT molecular complexity index is 1150.